The standard InChI is InChI=1S/C17H21N3OS/c18-14-3-5-15(6-4-14)19-17(21)2-1-9-20-10-7-16-13(12-20)8-11-22-16/h3-6,8,11H,1-2,7,9-10,12,18H2,(H,19,21). The van der Waals surface area contributed by atoms with Gasteiger partial charge in [0.15, 0.2) is 0 Å². The van der Waals surface area contributed by atoms with Gasteiger partial charge in [-0.3, -0.25) is 9.69 Å². The minimum Gasteiger partial charge on any atom is -0.399 e. The topological polar surface area (TPSA) is 58.4 Å². The third-order valence-corrected chi connectivity index (χ3v) is 4.98. The lowest BCUT2D eigenvalue weighted by molar-refractivity contribution is -0.116. The molecule has 1 aliphatic heterocycles. The molecular weight excluding hydrogens is 294 g/mol. The molecule has 0 saturated carbocycles. The van der Waals surface area contributed by atoms with E-state index < -0.39 is 0 Å². The summed E-state index contributed by atoms with van der Waals surface area (Å²) in [5.41, 5.74) is 8.60. The largest absolute Gasteiger partial charge is 0.399 e. The fraction of sp³-hybridized carbons (Fsp3) is 0.353. The van der Waals surface area contributed by atoms with Crippen LogP contribution in [-0.2, 0) is 17.8 Å². The molecule has 0 spiro atoms. The van der Waals surface area contributed by atoms with Gasteiger partial charge in [-0.15, -0.1) is 11.3 Å². The van der Waals surface area contributed by atoms with Crippen LogP contribution in [0.25, 0.3) is 0 Å². The number of carbonyl (C=O) groups excluding carboxylic acids is 1. The summed E-state index contributed by atoms with van der Waals surface area (Å²) in [6.45, 7) is 3.11. The first-order chi connectivity index (χ1) is 10.7. The van der Waals surface area contributed by atoms with E-state index in [9.17, 15) is 4.79 Å². The Bertz CT molecular complexity index is 636. The zero-order chi connectivity index (χ0) is 15.4. The highest BCUT2D eigenvalue weighted by Gasteiger charge is 2.16. The van der Waals surface area contributed by atoms with Crippen LogP contribution in [-0.4, -0.2) is 23.9 Å². The van der Waals surface area contributed by atoms with Crippen molar-refractivity contribution in [3.05, 3.63) is 46.2 Å². The van der Waals surface area contributed by atoms with Gasteiger partial charge in [0.1, 0.15) is 0 Å². The number of nitrogen functional groups attached to an aromatic ring is 1. The second-order valence-electron chi connectivity index (χ2n) is 5.67. The normalized spacial score (nSPS) is 14.5. The van der Waals surface area contributed by atoms with E-state index in [-0.39, 0.29) is 5.91 Å². The Morgan fingerprint density at radius 3 is 2.91 bits per heavy atom. The van der Waals surface area contributed by atoms with Gasteiger partial charge in [0.2, 0.25) is 5.91 Å². The van der Waals surface area contributed by atoms with Crippen molar-refractivity contribution in [3.8, 4) is 0 Å². The molecule has 4 nitrogen and oxygen atoms in total. The lowest BCUT2D eigenvalue weighted by Crippen LogP contribution is -2.31. The van der Waals surface area contributed by atoms with E-state index in [4.69, 9.17) is 5.73 Å². The van der Waals surface area contributed by atoms with E-state index in [0.717, 1.165) is 38.2 Å². The summed E-state index contributed by atoms with van der Waals surface area (Å²) in [5, 5.41) is 5.08. The maximum absolute atomic E-state index is 11.9. The predicted molar refractivity (Wildman–Crippen MR) is 92.0 cm³/mol. The first-order valence-electron chi connectivity index (χ1n) is 7.64. The Balaban J connectivity index is 1.40. The summed E-state index contributed by atoms with van der Waals surface area (Å²) in [7, 11) is 0. The van der Waals surface area contributed by atoms with Crippen LogP contribution < -0.4 is 11.1 Å². The minimum atomic E-state index is 0.0676. The van der Waals surface area contributed by atoms with Crippen LogP contribution in [0.4, 0.5) is 11.4 Å². The predicted octanol–water partition coefficient (Wildman–Crippen LogP) is 3.11. The zero-order valence-electron chi connectivity index (χ0n) is 12.5. The van der Waals surface area contributed by atoms with Gasteiger partial charge < -0.3 is 11.1 Å². The molecule has 22 heavy (non-hydrogen) atoms. The number of anilines is 2. The van der Waals surface area contributed by atoms with Crippen LogP contribution in [0.2, 0.25) is 0 Å². The van der Waals surface area contributed by atoms with Crippen molar-refractivity contribution in [3.63, 3.8) is 0 Å². The number of hydrogen-bond acceptors (Lipinski definition) is 4. The Hall–Kier alpha value is -1.85. The van der Waals surface area contributed by atoms with E-state index in [1.54, 1.807) is 12.1 Å². The van der Waals surface area contributed by atoms with E-state index in [1.807, 2.05) is 23.5 Å². The molecule has 0 aliphatic carbocycles. The maximum Gasteiger partial charge on any atom is 0.224 e. The number of amides is 1. The number of benzene rings is 1. The number of fused-ring (bicyclic) bond motifs is 1. The lowest BCUT2D eigenvalue weighted by Gasteiger charge is -2.26. The lowest BCUT2D eigenvalue weighted by atomic mass is 10.1. The van der Waals surface area contributed by atoms with Crippen molar-refractivity contribution in [2.75, 3.05) is 24.1 Å². The molecule has 3 rings (SSSR count). The van der Waals surface area contributed by atoms with E-state index in [0.29, 0.717) is 12.1 Å². The number of nitrogens with two attached hydrogens (primary N) is 1. The fourth-order valence-corrected chi connectivity index (χ4v) is 3.64. The van der Waals surface area contributed by atoms with Crippen molar-refractivity contribution in [2.45, 2.75) is 25.8 Å². The molecule has 2 aromatic rings. The van der Waals surface area contributed by atoms with Crippen molar-refractivity contribution < 1.29 is 4.79 Å². The molecule has 1 aromatic carbocycles. The molecule has 1 aromatic heterocycles. The molecule has 0 bridgehead atoms. The molecule has 1 amide bonds. The number of thiophene rings is 1. The monoisotopic (exact) mass is 315 g/mol. The third kappa shape index (κ3) is 3.87. The van der Waals surface area contributed by atoms with Crippen molar-refractivity contribution in [1.82, 2.24) is 4.90 Å². The first-order valence-corrected chi connectivity index (χ1v) is 8.51. The fourth-order valence-electron chi connectivity index (χ4n) is 2.75. The molecule has 5 heteroatoms. The van der Waals surface area contributed by atoms with Gasteiger partial charge in [-0.2, -0.15) is 0 Å². The minimum absolute atomic E-state index is 0.0676. The molecule has 0 atom stereocenters. The Morgan fingerprint density at radius 1 is 1.27 bits per heavy atom. The van der Waals surface area contributed by atoms with Gasteiger partial charge >= 0.3 is 0 Å². The highest BCUT2D eigenvalue weighted by Crippen LogP contribution is 2.24. The van der Waals surface area contributed by atoms with Crippen molar-refractivity contribution in [1.29, 1.82) is 0 Å². The van der Waals surface area contributed by atoms with Gasteiger partial charge in [0.25, 0.3) is 0 Å². The number of hydrogen-bond donors (Lipinski definition) is 2. The van der Waals surface area contributed by atoms with Crippen LogP contribution in [0.5, 0.6) is 0 Å². The summed E-state index contributed by atoms with van der Waals surface area (Å²) >= 11 is 1.86. The van der Waals surface area contributed by atoms with Gasteiger partial charge in [0, 0.05) is 35.8 Å². The molecular formula is C17H21N3OS. The number of carbonyl (C=O) groups is 1. The summed E-state index contributed by atoms with van der Waals surface area (Å²) in [4.78, 5) is 15.9. The first kappa shape index (κ1) is 15.1. The maximum atomic E-state index is 11.9. The number of nitrogens with zero attached hydrogens (tertiary/aromatic N) is 1. The molecule has 3 N–H and O–H groups in total. The van der Waals surface area contributed by atoms with Crippen molar-refractivity contribution >= 4 is 28.6 Å². The van der Waals surface area contributed by atoms with E-state index in [1.165, 1.54) is 10.4 Å². The molecule has 0 radical (unpaired) electrons. The summed E-state index contributed by atoms with van der Waals surface area (Å²) in [5.74, 6) is 0.0676. The third-order valence-electron chi connectivity index (χ3n) is 3.96. The smallest absolute Gasteiger partial charge is 0.224 e. The molecule has 0 saturated heterocycles. The molecule has 0 fully saturated rings. The number of nitrogens with one attached hydrogen (secondary N) is 1. The quantitative estimate of drug-likeness (QED) is 0.834. The van der Waals surface area contributed by atoms with E-state index in [2.05, 4.69) is 21.7 Å². The Kier molecular flexibility index (Phi) is 4.75. The van der Waals surface area contributed by atoms with Gasteiger partial charge in [-0.25, -0.2) is 0 Å². The Morgan fingerprint density at radius 2 is 2.09 bits per heavy atom. The highest BCUT2D eigenvalue weighted by atomic mass is 32.1. The van der Waals surface area contributed by atoms with Gasteiger partial charge in [-0.1, -0.05) is 0 Å². The molecule has 1 aliphatic rings. The van der Waals surface area contributed by atoms with E-state index >= 15 is 0 Å². The van der Waals surface area contributed by atoms with Crippen LogP contribution in [0.15, 0.2) is 35.7 Å². The number of rotatable bonds is 5. The average Bonchev–Trinajstić information content (AvgIpc) is 2.97. The van der Waals surface area contributed by atoms with Crippen LogP contribution >= 0.6 is 11.3 Å². The van der Waals surface area contributed by atoms with Gasteiger partial charge in [0.05, 0.1) is 0 Å². The Labute approximate surface area is 134 Å². The second-order valence-corrected chi connectivity index (χ2v) is 6.67. The second kappa shape index (κ2) is 6.94. The summed E-state index contributed by atoms with van der Waals surface area (Å²) in [6, 6.07) is 9.47. The summed E-state index contributed by atoms with van der Waals surface area (Å²) < 4.78 is 0. The summed E-state index contributed by atoms with van der Waals surface area (Å²) in [6.07, 6.45) is 2.59. The molecule has 2 heterocycles. The van der Waals surface area contributed by atoms with Crippen LogP contribution in [0, 0.1) is 0 Å². The molecule has 116 valence electrons. The van der Waals surface area contributed by atoms with Crippen LogP contribution in [0.3, 0.4) is 0 Å². The zero-order valence-corrected chi connectivity index (χ0v) is 13.4. The van der Waals surface area contributed by atoms with Crippen LogP contribution in [0.1, 0.15) is 23.3 Å². The van der Waals surface area contributed by atoms with Crippen molar-refractivity contribution in [2.24, 2.45) is 0 Å². The highest BCUT2D eigenvalue weighted by molar-refractivity contribution is 7.10. The van der Waals surface area contributed by atoms with Gasteiger partial charge in [-0.05, 0) is 60.7 Å². The molecule has 0 unspecified atom stereocenters. The average molecular weight is 315 g/mol. The SMILES string of the molecule is Nc1ccc(NC(=O)CCCN2CCc3sccc3C2)cc1.